The molecule has 0 bridgehead atoms. The number of aromatic nitrogens is 2. The molecule has 1 fully saturated rings. The van der Waals surface area contributed by atoms with Gasteiger partial charge >= 0.3 is 5.97 Å². The Kier molecular flexibility index (Phi) is 6.04. The van der Waals surface area contributed by atoms with Gasteiger partial charge in [-0.3, -0.25) is 9.69 Å². The molecule has 2 N–H and O–H groups in total. The van der Waals surface area contributed by atoms with E-state index in [1.165, 1.54) is 16.2 Å². The maximum Gasteiger partial charge on any atom is 0.325 e. The summed E-state index contributed by atoms with van der Waals surface area (Å²) in [5.41, 5.74) is 2.74. The molecule has 5 aromatic rings. The average Bonchev–Trinajstić information content (AvgIpc) is 3.53. The summed E-state index contributed by atoms with van der Waals surface area (Å²) in [6, 6.07) is 23.3. The number of benzene rings is 3. The van der Waals surface area contributed by atoms with Crippen LogP contribution in [0.3, 0.4) is 0 Å². The molecule has 1 aliphatic heterocycles. The number of anilines is 1. The van der Waals surface area contributed by atoms with Gasteiger partial charge in [-0.2, -0.15) is 4.37 Å². The van der Waals surface area contributed by atoms with Crippen LogP contribution in [0, 0.1) is 0 Å². The number of H-pyrrole nitrogens is 1. The number of piperazine rings is 1. The van der Waals surface area contributed by atoms with Gasteiger partial charge in [-0.1, -0.05) is 42.5 Å². The summed E-state index contributed by atoms with van der Waals surface area (Å²) in [5, 5.41) is 12.3. The van der Waals surface area contributed by atoms with E-state index in [4.69, 9.17) is 4.74 Å². The Morgan fingerprint density at radius 2 is 1.78 bits per heavy atom. The quantitative estimate of drug-likeness (QED) is 0.317. The number of carboxylic acids is 1. The Labute approximate surface area is 212 Å². The molecule has 0 saturated carbocycles. The highest BCUT2D eigenvalue weighted by molar-refractivity contribution is 7.13. The highest BCUT2D eigenvalue weighted by Gasteiger charge is 2.33. The minimum Gasteiger partial charge on any atom is -0.489 e. The van der Waals surface area contributed by atoms with Gasteiger partial charge in [0, 0.05) is 54.2 Å². The second-order valence-corrected chi connectivity index (χ2v) is 9.80. The van der Waals surface area contributed by atoms with Crippen molar-refractivity contribution < 1.29 is 14.6 Å². The summed E-state index contributed by atoms with van der Waals surface area (Å²) in [5.74, 6) is 0.866. The Bertz CT molecular complexity index is 1510. The van der Waals surface area contributed by atoms with Crippen LogP contribution in [0.25, 0.3) is 21.0 Å². The fraction of sp³-hybridized carbons (Fsp3) is 0.214. The Morgan fingerprint density at radius 1 is 1.00 bits per heavy atom. The van der Waals surface area contributed by atoms with Gasteiger partial charge in [-0.05, 0) is 47.4 Å². The van der Waals surface area contributed by atoms with Crippen LogP contribution in [0.2, 0.25) is 0 Å². The molecule has 0 aliphatic carbocycles. The third-order valence-corrected chi connectivity index (χ3v) is 7.62. The molecular weight excluding hydrogens is 472 g/mol. The zero-order valence-corrected chi connectivity index (χ0v) is 20.4. The van der Waals surface area contributed by atoms with E-state index in [1.807, 2.05) is 71.8 Å². The Hall–Kier alpha value is -3.88. The normalized spacial score (nSPS) is 15.4. The van der Waals surface area contributed by atoms with E-state index in [9.17, 15) is 9.90 Å². The van der Waals surface area contributed by atoms with Crippen LogP contribution in [0.5, 0.6) is 5.75 Å². The lowest BCUT2D eigenvalue weighted by molar-refractivity contribution is -0.143. The number of carbonyl (C=O) groups is 1. The number of ether oxygens (including phenoxy) is 1. The van der Waals surface area contributed by atoms with Crippen molar-refractivity contribution in [3.05, 3.63) is 90.1 Å². The van der Waals surface area contributed by atoms with Gasteiger partial charge in [0.15, 0.2) is 0 Å². The first-order chi connectivity index (χ1) is 17.7. The van der Waals surface area contributed by atoms with Crippen molar-refractivity contribution in [2.24, 2.45) is 0 Å². The second-order valence-electron chi connectivity index (χ2n) is 8.99. The molecule has 182 valence electrons. The summed E-state index contributed by atoms with van der Waals surface area (Å²) in [6.45, 7) is 3.19. The van der Waals surface area contributed by atoms with Gasteiger partial charge in [0.2, 0.25) is 0 Å². The van der Waals surface area contributed by atoms with Crippen LogP contribution in [0.4, 0.5) is 5.82 Å². The van der Waals surface area contributed by atoms with E-state index in [0.717, 1.165) is 52.1 Å². The molecule has 8 heteroatoms. The van der Waals surface area contributed by atoms with Crippen LogP contribution in [0.1, 0.15) is 17.2 Å². The van der Waals surface area contributed by atoms with Crippen molar-refractivity contribution in [3.8, 4) is 5.75 Å². The summed E-state index contributed by atoms with van der Waals surface area (Å²) < 4.78 is 11.9. The minimum atomic E-state index is -0.848. The SMILES string of the molecule is O=C(O)[C@H](c1c[nH]c2ccc(OCc3ccccc3)cc12)N1CCN(c2nsc3ccccc23)CC1. The van der Waals surface area contributed by atoms with Crippen LogP contribution in [-0.4, -0.2) is 51.5 Å². The number of nitrogens with zero attached hydrogens (tertiary/aromatic N) is 3. The number of rotatable bonds is 7. The Balaban J connectivity index is 1.21. The molecule has 1 atom stereocenters. The number of hydrogen-bond acceptors (Lipinski definition) is 6. The number of carboxylic acid groups (broad SMARTS) is 1. The molecule has 3 heterocycles. The predicted octanol–water partition coefficient (Wildman–Crippen LogP) is 5.30. The maximum absolute atomic E-state index is 12.5. The molecule has 36 heavy (non-hydrogen) atoms. The smallest absolute Gasteiger partial charge is 0.325 e. The van der Waals surface area contributed by atoms with Crippen LogP contribution >= 0.6 is 11.5 Å². The molecule has 2 aromatic heterocycles. The molecular formula is C28H26N4O3S. The molecule has 0 amide bonds. The van der Waals surface area contributed by atoms with Gasteiger partial charge < -0.3 is 19.7 Å². The van der Waals surface area contributed by atoms with Crippen molar-refractivity contribution in [2.75, 3.05) is 31.1 Å². The number of hydrogen-bond donors (Lipinski definition) is 2. The van der Waals surface area contributed by atoms with Crippen molar-refractivity contribution in [3.63, 3.8) is 0 Å². The summed E-state index contributed by atoms with van der Waals surface area (Å²) in [6.07, 6.45) is 1.82. The van der Waals surface area contributed by atoms with E-state index in [-0.39, 0.29) is 0 Å². The number of aromatic amines is 1. The molecule has 0 spiro atoms. The highest BCUT2D eigenvalue weighted by atomic mass is 32.1. The monoisotopic (exact) mass is 498 g/mol. The topological polar surface area (TPSA) is 81.7 Å². The van der Waals surface area contributed by atoms with Crippen molar-refractivity contribution >= 4 is 44.3 Å². The standard InChI is InChI=1S/C28H26N4O3S/c33-28(34)26(31-12-14-32(15-13-31)27-21-8-4-5-9-25(21)36-30-27)23-17-29-24-11-10-20(16-22(23)24)35-18-19-6-2-1-3-7-19/h1-11,16-17,26,29H,12-15,18H2,(H,33,34)/t26-/m0/s1. The minimum absolute atomic E-state index is 0.460. The van der Waals surface area contributed by atoms with Gasteiger partial charge in [0.1, 0.15) is 24.2 Å². The van der Waals surface area contributed by atoms with E-state index in [2.05, 4.69) is 26.4 Å². The first kappa shape index (κ1) is 22.6. The zero-order valence-electron chi connectivity index (χ0n) is 19.6. The van der Waals surface area contributed by atoms with E-state index < -0.39 is 12.0 Å². The highest BCUT2D eigenvalue weighted by Crippen LogP contribution is 2.34. The first-order valence-corrected chi connectivity index (χ1v) is 12.8. The average molecular weight is 499 g/mol. The van der Waals surface area contributed by atoms with Gasteiger partial charge in [0.25, 0.3) is 0 Å². The summed E-state index contributed by atoms with van der Waals surface area (Å²) in [7, 11) is 0. The lowest BCUT2D eigenvalue weighted by Gasteiger charge is -2.38. The fourth-order valence-corrected chi connectivity index (χ4v) is 5.75. The predicted molar refractivity (Wildman–Crippen MR) is 143 cm³/mol. The largest absolute Gasteiger partial charge is 0.489 e. The summed E-state index contributed by atoms with van der Waals surface area (Å²) in [4.78, 5) is 20.1. The third-order valence-electron chi connectivity index (χ3n) is 6.80. The van der Waals surface area contributed by atoms with E-state index in [0.29, 0.717) is 19.7 Å². The third kappa shape index (κ3) is 4.29. The molecule has 6 rings (SSSR count). The van der Waals surface area contributed by atoms with E-state index >= 15 is 0 Å². The van der Waals surface area contributed by atoms with Gasteiger partial charge in [-0.15, -0.1) is 0 Å². The van der Waals surface area contributed by atoms with Crippen molar-refractivity contribution in [2.45, 2.75) is 12.6 Å². The number of fused-ring (bicyclic) bond motifs is 2. The molecule has 1 saturated heterocycles. The van der Waals surface area contributed by atoms with Crippen LogP contribution in [0.15, 0.2) is 79.0 Å². The number of aliphatic carboxylic acids is 1. The summed E-state index contributed by atoms with van der Waals surface area (Å²) >= 11 is 1.51. The maximum atomic E-state index is 12.5. The molecule has 1 aliphatic rings. The molecule has 0 unspecified atom stereocenters. The second kappa shape index (κ2) is 9.64. The van der Waals surface area contributed by atoms with Crippen molar-refractivity contribution in [1.29, 1.82) is 0 Å². The molecule has 0 radical (unpaired) electrons. The lowest BCUT2D eigenvalue weighted by Crippen LogP contribution is -2.49. The molecule has 3 aromatic carbocycles. The van der Waals surface area contributed by atoms with Crippen molar-refractivity contribution in [1.82, 2.24) is 14.3 Å². The fourth-order valence-electron chi connectivity index (χ4n) is 4.96. The van der Waals surface area contributed by atoms with Crippen LogP contribution < -0.4 is 9.64 Å². The van der Waals surface area contributed by atoms with Gasteiger partial charge in [0.05, 0.1) is 4.70 Å². The Morgan fingerprint density at radius 3 is 2.58 bits per heavy atom. The number of nitrogens with one attached hydrogen (secondary N) is 1. The first-order valence-electron chi connectivity index (χ1n) is 12.0. The van der Waals surface area contributed by atoms with Gasteiger partial charge in [-0.25, -0.2) is 0 Å². The van der Waals surface area contributed by atoms with E-state index in [1.54, 1.807) is 0 Å². The zero-order chi connectivity index (χ0) is 24.5. The van der Waals surface area contributed by atoms with Crippen LogP contribution in [-0.2, 0) is 11.4 Å². The lowest BCUT2D eigenvalue weighted by atomic mass is 10.0. The molecule has 7 nitrogen and oxygen atoms in total.